The summed E-state index contributed by atoms with van der Waals surface area (Å²) >= 11 is 0. The van der Waals surface area contributed by atoms with E-state index < -0.39 is 24.4 Å². The van der Waals surface area contributed by atoms with Gasteiger partial charge in [-0.3, -0.25) is 4.57 Å². The monoisotopic (exact) mass is 173 g/mol. The maximum atomic E-state index is 9.86. The normalized spacial score (nSPS) is 10.9. The highest BCUT2D eigenvalue weighted by Crippen LogP contribution is 2.33. The molecule has 0 atom stereocenters. The molecule has 0 fully saturated rings. The van der Waals surface area contributed by atoms with Gasteiger partial charge in [-0.15, -0.1) is 0 Å². The van der Waals surface area contributed by atoms with Crippen LogP contribution in [0.4, 0.5) is 0 Å². The van der Waals surface area contributed by atoms with Crippen molar-refractivity contribution < 1.29 is 22.8 Å². The van der Waals surface area contributed by atoms with Gasteiger partial charge in [-0.2, -0.15) is 12.8 Å². The lowest BCUT2D eigenvalue weighted by molar-refractivity contribution is 0.374. The van der Waals surface area contributed by atoms with Crippen molar-refractivity contribution in [3.05, 3.63) is 0 Å². The Balaban J connectivity index is 4.11. The molecule has 0 saturated heterocycles. The van der Waals surface area contributed by atoms with Crippen LogP contribution >= 0.6 is 7.60 Å². The van der Waals surface area contributed by atoms with Crippen molar-refractivity contribution in [1.82, 2.24) is 0 Å². The van der Waals surface area contributed by atoms with Crippen LogP contribution in [-0.4, -0.2) is 24.5 Å². The van der Waals surface area contributed by atoms with E-state index >= 15 is 0 Å². The highest BCUT2D eigenvalue weighted by atomic mass is 32.2. The maximum Gasteiger partial charge on any atom is 0.348 e. The summed E-state index contributed by atoms with van der Waals surface area (Å²) in [5.74, 6) is 0. The Bertz CT molecular complexity index is 238. The van der Waals surface area contributed by atoms with E-state index in [2.05, 4.69) is 4.36 Å². The molecule has 0 aromatic rings. The molecule has 0 aromatic carbocycles. The van der Waals surface area contributed by atoms with E-state index in [0.29, 0.717) is 0 Å². The van der Waals surface area contributed by atoms with Crippen molar-refractivity contribution in [1.29, 1.82) is 0 Å². The molecule has 0 aliphatic rings. The molecule has 0 amide bonds. The minimum atomic E-state index is -4.28. The van der Waals surface area contributed by atoms with Gasteiger partial charge in [0.05, 0.1) is 0 Å². The molecule has 0 aliphatic carbocycles. The van der Waals surface area contributed by atoms with Crippen molar-refractivity contribution >= 4 is 18.1 Å². The quantitative estimate of drug-likeness (QED) is 0.531. The summed E-state index contributed by atoms with van der Waals surface area (Å²) in [4.78, 5) is 16.0. The Labute approximate surface area is 52.4 Å². The largest absolute Gasteiger partial charge is 0.348 e. The van der Waals surface area contributed by atoms with Crippen LogP contribution in [0, 0.1) is 0 Å². The Kier molecular flexibility index (Phi) is 2.99. The molecule has 0 bridgehead atoms. The second-order valence-electron chi connectivity index (χ2n) is 1.15. The van der Waals surface area contributed by atoms with Gasteiger partial charge in [-0.05, 0) is 0 Å². The van der Waals surface area contributed by atoms with E-state index in [1.165, 1.54) is 0 Å². The van der Waals surface area contributed by atoms with Gasteiger partial charge in [-0.1, -0.05) is 0 Å². The number of hydrogen-bond acceptors (Lipinski definition) is 4. The van der Waals surface area contributed by atoms with Crippen LogP contribution in [0.5, 0.6) is 0 Å². The van der Waals surface area contributed by atoms with Crippen molar-refractivity contribution in [2.24, 2.45) is 4.36 Å². The molecule has 0 aliphatic heterocycles. The van der Waals surface area contributed by atoms with Gasteiger partial charge in [0.15, 0.2) is 6.29 Å². The van der Waals surface area contributed by atoms with Gasteiger partial charge in [0.25, 0.3) is 0 Å². The van der Waals surface area contributed by atoms with Crippen molar-refractivity contribution in [2.75, 3.05) is 6.29 Å². The van der Waals surface area contributed by atoms with Crippen LogP contribution in [0.25, 0.3) is 0 Å². The molecule has 9 heavy (non-hydrogen) atoms. The van der Waals surface area contributed by atoms with E-state index in [0.717, 1.165) is 0 Å². The van der Waals surface area contributed by atoms with Crippen molar-refractivity contribution in [3.8, 4) is 0 Å². The first-order chi connectivity index (χ1) is 3.92. The predicted octanol–water partition coefficient (Wildman–Crippen LogP) is -0.816. The minimum absolute atomic E-state index is 0.969. The predicted molar refractivity (Wildman–Crippen MR) is 28.3 cm³/mol. The summed E-state index contributed by atoms with van der Waals surface area (Å²) in [7, 11) is -7.01. The number of rotatable bonds is 2. The zero-order valence-electron chi connectivity index (χ0n) is 4.13. The minimum Gasteiger partial charge on any atom is -0.323 e. The summed E-state index contributed by atoms with van der Waals surface area (Å²) in [5.41, 5.74) is 0. The average Bonchev–Trinajstić information content (AvgIpc) is 1.59. The van der Waals surface area contributed by atoms with Gasteiger partial charge in [0.2, 0.25) is 0 Å². The van der Waals surface area contributed by atoms with E-state index in [4.69, 9.17) is 9.79 Å². The van der Waals surface area contributed by atoms with E-state index in [-0.39, 0.29) is 0 Å². The highest BCUT2D eigenvalue weighted by Gasteiger charge is 2.10. The van der Waals surface area contributed by atoms with E-state index in [9.17, 15) is 13.0 Å². The fourth-order valence-corrected chi connectivity index (χ4v) is 1.10. The zero-order chi connectivity index (χ0) is 7.49. The van der Waals surface area contributed by atoms with Gasteiger partial charge < -0.3 is 9.79 Å². The molecular weight excluding hydrogens is 169 g/mol. The van der Waals surface area contributed by atoms with Crippen LogP contribution in [0.1, 0.15) is 0 Å². The van der Waals surface area contributed by atoms with E-state index in [1.807, 2.05) is 0 Å². The fraction of sp³-hybridized carbons (Fsp3) is 1.00. The number of hydrogen-bond donors (Lipinski definition) is 2. The average molecular weight is 173 g/mol. The van der Waals surface area contributed by atoms with Gasteiger partial charge in [0, 0.05) is 0 Å². The van der Waals surface area contributed by atoms with Crippen LogP contribution < -0.4 is 0 Å². The molecule has 6 nitrogen and oxygen atoms in total. The smallest absolute Gasteiger partial charge is 0.323 e. The summed E-state index contributed by atoms with van der Waals surface area (Å²) < 4.78 is 31.5. The first kappa shape index (κ1) is 8.77. The van der Waals surface area contributed by atoms with Crippen LogP contribution in [-0.2, 0) is 15.1 Å². The first-order valence-corrected chi connectivity index (χ1v) is 4.56. The molecule has 0 rings (SSSR count). The van der Waals surface area contributed by atoms with Crippen LogP contribution in [0.3, 0.4) is 0 Å². The Morgan fingerprint density at radius 2 is 1.89 bits per heavy atom. The third-order valence-electron chi connectivity index (χ3n) is 0.347. The molecule has 54 valence electrons. The molecule has 8 heteroatoms. The topological polar surface area (TPSA) is 104 Å². The molecule has 0 spiro atoms. The molecule has 0 heterocycles. The number of nitrogens with zero attached hydrogens (tertiary/aromatic N) is 1. The lowest BCUT2D eigenvalue weighted by Gasteiger charge is -1.92. The zero-order valence-corrected chi connectivity index (χ0v) is 5.84. The molecule has 0 saturated carbocycles. The maximum absolute atomic E-state index is 9.86. The van der Waals surface area contributed by atoms with Gasteiger partial charge >= 0.3 is 18.1 Å². The second kappa shape index (κ2) is 3.07. The third kappa shape index (κ3) is 7.77. The Morgan fingerprint density at radius 3 is 2.00 bits per heavy atom. The SMILES string of the molecule is O=S(=O)=NCP(=O)(O)O. The molecular formula is CH4NO5PS. The van der Waals surface area contributed by atoms with Crippen LogP contribution in [0.2, 0.25) is 0 Å². The van der Waals surface area contributed by atoms with Crippen molar-refractivity contribution in [2.45, 2.75) is 0 Å². The van der Waals surface area contributed by atoms with Crippen LogP contribution in [0.15, 0.2) is 4.36 Å². The molecule has 0 radical (unpaired) electrons. The molecule has 2 N–H and O–H groups in total. The summed E-state index contributed by atoms with van der Waals surface area (Å²) in [6.45, 7) is 0. The summed E-state index contributed by atoms with van der Waals surface area (Å²) in [6, 6.07) is 0. The van der Waals surface area contributed by atoms with Crippen molar-refractivity contribution in [3.63, 3.8) is 0 Å². The standard InChI is InChI=1S/CH4NO5PS/c3-8(4,5)1-2-9(6)7/h1H2,(H2,3,4,5). The fourth-order valence-electron chi connectivity index (χ4n) is 0.122. The Hall–Kier alpha value is -0.230. The summed E-state index contributed by atoms with van der Waals surface area (Å²) in [5, 5.41) is 0. The third-order valence-corrected chi connectivity index (χ3v) is 1.39. The first-order valence-electron chi connectivity index (χ1n) is 1.73. The van der Waals surface area contributed by atoms with E-state index in [1.54, 1.807) is 0 Å². The Morgan fingerprint density at radius 1 is 1.44 bits per heavy atom. The van der Waals surface area contributed by atoms with Gasteiger partial charge in [-0.25, -0.2) is 0 Å². The summed E-state index contributed by atoms with van der Waals surface area (Å²) in [6.07, 6.45) is -0.969. The molecule has 0 unspecified atom stereocenters. The molecule has 0 aromatic heterocycles. The second-order valence-corrected chi connectivity index (χ2v) is 3.46. The van der Waals surface area contributed by atoms with Gasteiger partial charge in [0.1, 0.15) is 0 Å². The highest BCUT2D eigenvalue weighted by molar-refractivity contribution is 7.62. The lowest BCUT2D eigenvalue weighted by atomic mass is 11.5. The lowest BCUT2D eigenvalue weighted by Crippen LogP contribution is -1.80.